The molecule has 6 nitrogen and oxygen atoms in total. The standard InChI is InChI=1S/C39H56N2O4/c1-7-11-15-17-19-37(40-44-29(5)42)31-21-23-33-34-24-22-32(38(41-45-30(6)43)20-18-16-12-8-2)28-36(34)39(25-13-9-3,26-14-10-4)35(33)27-31/h21-24,27-28H,7-20,25-26H2,1-6H3/b40-37+,41-38+. The second kappa shape index (κ2) is 18.6. The van der Waals surface area contributed by atoms with Gasteiger partial charge in [0, 0.05) is 19.3 Å². The van der Waals surface area contributed by atoms with Crippen molar-refractivity contribution in [3.8, 4) is 11.1 Å². The van der Waals surface area contributed by atoms with Crippen LogP contribution in [0, 0.1) is 0 Å². The van der Waals surface area contributed by atoms with Gasteiger partial charge in [0.25, 0.3) is 0 Å². The number of hydrogen-bond acceptors (Lipinski definition) is 6. The molecule has 0 spiro atoms. The Morgan fingerprint density at radius 3 is 1.33 bits per heavy atom. The lowest BCUT2D eigenvalue weighted by Crippen LogP contribution is -2.26. The van der Waals surface area contributed by atoms with Gasteiger partial charge in [0.2, 0.25) is 0 Å². The summed E-state index contributed by atoms with van der Waals surface area (Å²) < 4.78 is 0. The third kappa shape index (κ3) is 9.85. The van der Waals surface area contributed by atoms with Crippen molar-refractivity contribution in [3.63, 3.8) is 0 Å². The van der Waals surface area contributed by atoms with Gasteiger partial charge in [-0.2, -0.15) is 0 Å². The number of hydrogen-bond donors (Lipinski definition) is 0. The molecule has 6 heteroatoms. The van der Waals surface area contributed by atoms with Crippen LogP contribution < -0.4 is 0 Å². The molecule has 0 heterocycles. The summed E-state index contributed by atoms with van der Waals surface area (Å²) in [5, 5.41) is 8.72. The van der Waals surface area contributed by atoms with Crippen LogP contribution in [0.3, 0.4) is 0 Å². The molecule has 0 amide bonds. The number of unbranched alkanes of at least 4 members (excludes halogenated alkanes) is 8. The molecule has 0 aliphatic heterocycles. The van der Waals surface area contributed by atoms with E-state index in [1.807, 2.05) is 0 Å². The first kappa shape index (κ1) is 36.2. The van der Waals surface area contributed by atoms with E-state index in [1.165, 1.54) is 61.8 Å². The fourth-order valence-corrected chi connectivity index (χ4v) is 6.64. The van der Waals surface area contributed by atoms with E-state index in [-0.39, 0.29) is 5.41 Å². The van der Waals surface area contributed by atoms with Crippen molar-refractivity contribution >= 4 is 23.4 Å². The highest BCUT2D eigenvalue weighted by molar-refractivity contribution is 6.03. The predicted molar refractivity (Wildman–Crippen MR) is 186 cm³/mol. The van der Waals surface area contributed by atoms with Crippen molar-refractivity contribution in [2.24, 2.45) is 10.3 Å². The normalized spacial score (nSPS) is 13.8. The Bertz CT molecular complexity index is 1220. The minimum absolute atomic E-state index is 0.147. The lowest BCUT2D eigenvalue weighted by Gasteiger charge is -2.33. The predicted octanol–water partition coefficient (Wildman–Crippen LogP) is 10.8. The van der Waals surface area contributed by atoms with E-state index >= 15 is 0 Å². The Morgan fingerprint density at radius 2 is 0.978 bits per heavy atom. The van der Waals surface area contributed by atoms with Crippen molar-refractivity contribution in [1.29, 1.82) is 0 Å². The highest BCUT2D eigenvalue weighted by atomic mass is 16.7. The monoisotopic (exact) mass is 616 g/mol. The van der Waals surface area contributed by atoms with E-state index in [9.17, 15) is 9.59 Å². The molecular weight excluding hydrogens is 560 g/mol. The summed E-state index contributed by atoms with van der Waals surface area (Å²) in [5.41, 5.74) is 8.83. The number of benzene rings is 2. The first-order valence-electron chi connectivity index (χ1n) is 17.6. The summed E-state index contributed by atoms with van der Waals surface area (Å²) in [6.07, 6.45) is 17.1. The average molecular weight is 617 g/mol. The highest BCUT2D eigenvalue weighted by Gasteiger charge is 2.42. The van der Waals surface area contributed by atoms with Crippen LogP contribution in [-0.4, -0.2) is 23.4 Å². The van der Waals surface area contributed by atoms with E-state index in [1.54, 1.807) is 0 Å². The molecule has 1 aliphatic carbocycles. The molecule has 45 heavy (non-hydrogen) atoms. The minimum atomic E-state index is -0.400. The van der Waals surface area contributed by atoms with Gasteiger partial charge in [0.15, 0.2) is 0 Å². The zero-order valence-corrected chi connectivity index (χ0v) is 28.8. The largest absolute Gasteiger partial charge is 0.331 e. The molecule has 246 valence electrons. The van der Waals surface area contributed by atoms with Crippen molar-refractivity contribution in [1.82, 2.24) is 0 Å². The molecule has 0 saturated heterocycles. The highest BCUT2D eigenvalue weighted by Crippen LogP contribution is 2.54. The fraction of sp³-hybridized carbons (Fsp3) is 0.590. The molecule has 0 aromatic heterocycles. The topological polar surface area (TPSA) is 77.3 Å². The van der Waals surface area contributed by atoms with Crippen LogP contribution in [0.5, 0.6) is 0 Å². The smallest absolute Gasteiger partial charge is 0.318 e. The maximum Gasteiger partial charge on any atom is 0.331 e. The Morgan fingerprint density at radius 1 is 0.578 bits per heavy atom. The number of carbonyl (C=O) groups excluding carboxylic acids is 2. The van der Waals surface area contributed by atoms with Gasteiger partial charge < -0.3 is 9.68 Å². The van der Waals surface area contributed by atoms with E-state index in [4.69, 9.17) is 9.68 Å². The van der Waals surface area contributed by atoms with Gasteiger partial charge in [0.05, 0.1) is 11.4 Å². The van der Waals surface area contributed by atoms with Crippen LogP contribution in [0.15, 0.2) is 46.7 Å². The molecular formula is C39H56N2O4. The third-order valence-electron chi connectivity index (χ3n) is 9.04. The maximum absolute atomic E-state index is 11.7. The van der Waals surface area contributed by atoms with Crippen LogP contribution >= 0.6 is 0 Å². The van der Waals surface area contributed by atoms with Crippen LogP contribution in [0.25, 0.3) is 11.1 Å². The van der Waals surface area contributed by atoms with Crippen LogP contribution in [0.4, 0.5) is 0 Å². The lowest BCUT2D eigenvalue weighted by atomic mass is 9.70. The summed E-state index contributed by atoms with van der Waals surface area (Å²) in [4.78, 5) is 33.9. The molecule has 0 atom stereocenters. The van der Waals surface area contributed by atoms with Crippen LogP contribution in [-0.2, 0) is 24.7 Å². The van der Waals surface area contributed by atoms with Crippen molar-refractivity contribution in [3.05, 3.63) is 58.7 Å². The molecule has 0 saturated carbocycles. The molecule has 0 fully saturated rings. The zero-order chi connectivity index (χ0) is 32.7. The van der Waals surface area contributed by atoms with Crippen molar-refractivity contribution in [2.45, 2.75) is 150 Å². The molecule has 3 rings (SSSR count). The van der Waals surface area contributed by atoms with Gasteiger partial charge in [0.1, 0.15) is 0 Å². The third-order valence-corrected chi connectivity index (χ3v) is 9.04. The molecule has 2 aromatic carbocycles. The molecule has 0 unspecified atom stereocenters. The van der Waals surface area contributed by atoms with Gasteiger partial charge in [-0.3, -0.25) is 0 Å². The van der Waals surface area contributed by atoms with E-state index in [2.05, 4.69) is 74.4 Å². The minimum Gasteiger partial charge on any atom is -0.318 e. The first-order chi connectivity index (χ1) is 21.8. The van der Waals surface area contributed by atoms with Crippen LogP contribution in [0.1, 0.15) is 167 Å². The zero-order valence-electron chi connectivity index (χ0n) is 28.8. The molecule has 0 radical (unpaired) electrons. The van der Waals surface area contributed by atoms with Crippen LogP contribution in [0.2, 0.25) is 0 Å². The number of nitrogens with zero attached hydrogens (tertiary/aromatic N) is 2. The average Bonchev–Trinajstić information content (AvgIpc) is 3.30. The first-order valence-corrected chi connectivity index (χ1v) is 17.6. The quantitative estimate of drug-likeness (QED) is 0.0642. The summed E-state index contributed by atoms with van der Waals surface area (Å²) in [5.74, 6) is -0.799. The second-order valence-electron chi connectivity index (χ2n) is 12.7. The maximum atomic E-state index is 11.7. The number of rotatable bonds is 20. The number of oxime groups is 2. The lowest BCUT2D eigenvalue weighted by molar-refractivity contribution is -0.141. The summed E-state index contributed by atoms with van der Waals surface area (Å²) in [6.45, 7) is 11.7. The van der Waals surface area contributed by atoms with E-state index in [0.29, 0.717) is 0 Å². The van der Waals surface area contributed by atoms with Gasteiger partial charge in [-0.05, 0) is 84.0 Å². The Balaban J connectivity index is 2.16. The molecule has 2 aromatic rings. The van der Waals surface area contributed by atoms with Gasteiger partial charge >= 0.3 is 11.9 Å². The summed E-state index contributed by atoms with van der Waals surface area (Å²) in [6, 6.07) is 13.5. The summed E-state index contributed by atoms with van der Waals surface area (Å²) in [7, 11) is 0. The van der Waals surface area contributed by atoms with Gasteiger partial charge in [-0.15, -0.1) is 0 Å². The Kier molecular flexibility index (Phi) is 15.0. The number of carbonyl (C=O) groups is 2. The Hall–Kier alpha value is -3.28. The molecule has 1 aliphatic rings. The summed E-state index contributed by atoms with van der Waals surface area (Å²) >= 11 is 0. The SMILES string of the molecule is CCCCCC/C(=N\OC(C)=O)c1ccc2c(c1)C(CCCC)(CCCC)c1cc(/C(CCCCCC)=N/OC(C)=O)ccc1-2. The van der Waals surface area contributed by atoms with Gasteiger partial charge in [-0.25, -0.2) is 9.59 Å². The van der Waals surface area contributed by atoms with Gasteiger partial charge in [-0.1, -0.05) is 126 Å². The molecule has 0 bridgehead atoms. The van der Waals surface area contributed by atoms with E-state index in [0.717, 1.165) is 99.6 Å². The number of fused-ring (bicyclic) bond motifs is 3. The van der Waals surface area contributed by atoms with Crippen molar-refractivity contribution in [2.75, 3.05) is 0 Å². The molecule has 0 N–H and O–H groups in total. The fourth-order valence-electron chi connectivity index (χ4n) is 6.64. The Labute approximate surface area is 272 Å². The van der Waals surface area contributed by atoms with Crippen molar-refractivity contribution < 1.29 is 19.3 Å². The second-order valence-corrected chi connectivity index (χ2v) is 12.7. The van der Waals surface area contributed by atoms with E-state index < -0.39 is 11.9 Å².